The summed E-state index contributed by atoms with van der Waals surface area (Å²) in [6, 6.07) is 13.3. The van der Waals surface area contributed by atoms with E-state index in [-0.39, 0.29) is 17.7 Å². The lowest BCUT2D eigenvalue weighted by atomic mass is 9.95. The number of hydrogen-bond acceptors (Lipinski definition) is 6. The first-order valence-corrected chi connectivity index (χ1v) is 9.34. The molecule has 1 aliphatic heterocycles. The van der Waals surface area contributed by atoms with E-state index >= 15 is 0 Å². The third-order valence-corrected chi connectivity index (χ3v) is 4.77. The quantitative estimate of drug-likeness (QED) is 0.481. The molecule has 0 fully saturated rings. The number of nitrogens with zero attached hydrogens (tertiary/aromatic N) is 3. The number of likely N-dealkylation sites (N-methyl/N-ethyl adjacent to an activating group) is 1. The fraction of sp³-hybridized carbons (Fsp3) is 0.130. The number of fused-ring (bicyclic) bond motifs is 1. The van der Waals surface area contributed by atoms with Crippen LogP contribution in [0.4, 0.5) is 0 Å². The Bertz CT molecular complexity index is 1250. The molecule has 7 nitrogen and oxygen atoms in total. The van der Waals surface area contributed by atoms with Crippen LogP contribution in [0.2, 0.25) is 0 Å². The maximum Gasteiger partial charge on any atom is 0.271 e. The van der Waals surface area contributed by atoms with Gasteiger partial charge in [0.05, 0.1) is 0 Å². The van der Waals surface area contributed by atoms with Crippen LogP contribution in [-0.4, -0.2) is 28.2 Å². The first kappa shape index (κ1) is 19.2. The molecule has 3 heterocycles. The highest BCUT2D eigenvalue weighted by atomic mass is 16.4. The number of carbonyl (C=O) groups excluding carboxylic acids is 2. The highest BCUT2D eigenvalue weighted by Gasteiger charge is 2.34. The van der Waals surface area contributed by atoms with Crippen LogP contribution in [0.5, 0.6) is 0 Å². The maximum atomic E-state index is 12.7. The number of nitriles is 1. The molecular formula is C23H17N3O4. The summed E-state index contributed by atoms with van der Waals surface area (Å²) in [5.74, 6) is -0.304. The molecule has 1 aliphatic rings. The van der Waals surface area contributed by atoms with Crippen molar-refractivity contribution in [1.29, 1.82) is 5.26 Å². The zero-order chi connectivity index (χ0) is 21.3. The minimum absolute atomic E-state index is 0.0515. The van der Waals surface area contributed by atoms with Crippen molar-refractivity contribution in [1.82, 2.24) is 9.88 Å². The lowest BCUT2D eigenvalue weighted by Gasteiger charge is -2.25. The molecule has 148 valence electrons. The van der Waals surface area contributed by atoms with Crippen LogP contribution in [0.15, 0.2) is 62.0 Å². The Morgan fingerprint density at radius 3 is 2.57 bits per heavy atom. The smallest absolute Gasteiger partial charge is 0.271 e. The molecule has 3 aromatic rings. The largest absolute Gasteiger partial charge is 0.436 e. The first-order chi connectivity index (χ1) is 14.5. The van der Waals surface area contributed by atoms with Gasteiger partial charge in [0.25, 0.3) is 17.5 Å². The van der Waals surface area contributed by atoms with Crippen molar-refractivity contribution in [2.45, 2.75) is 13.8 Å². The summed E-state index contributed by atoms with van der Waals surface area (Å²) in [4.78, 5) is 30.3. The van der Waals surface area contributed by atoms with Crippen molar-refractivity contribution in [2.75, 3.05) is 6.54 Å². The molecule has 4 rings (SSSR count). The van der Waals surface area contributed by atoms with Gasteiger partial charge in [-0.05, 0) is 37.1 Å². The molecule has 0 spiro atoms. The van der Waals surface area contributed by atoms with E-state index in [2.05, 4.69) is 4.98 Å². The van der Waals surface area contributed by atoms with E-state index in [1.165, 1.54) is 6.08 Å². The van der Waals surface area contributed by atoms with E-state index in [4.69, 9.17) is 8.83 Å². The Balaban J connectivity index is 1.66. The molecule has 2 amide bonds. The minimum atomic E-state index is -0.579. The SMILES string of the molecule is CCN1C(=O)C(C#N)=C(C)/C(=C/c2cc3oc(/C=C/c4ccccc4)nc3o2)C1=O. The normalized spacial score (nSPS) is 16.3. The van der Waals surface area contributed by atoms with E-state index in [1.807, 2.05) is 42.5 Å². The van der Waals surface area contributed by atoms with Crippen LogP contribution in [0, 0.1) is 11.3 Å². The summed E-state index contributed by atoms with van der Waals surface area (Å²) in [6.07, 6.45) is 5.12. The van der Waals surface area contributed by atoms with Crippen LogP contribution in [0.3, 0.4) is 0 Å². The molecule has 0 saturated heterocycles. The average Bonchev–Trinajstić information content (AvgIpc) is 3.29. The number of carbonyl (C=O) groups is 2. The van der Waals surface area contributed by atoms with Crippen molar-refractivity contribution in [3.05, 3.63) is 70.3 Å². The molecular weight excluding hydrogens is 382 g/mol. The van der Waals surface area contributed by atoms with Crippen molar-refractivity contribution in [3.63, 3.8) is 0 Å². The minimum Gasteiger partial charge on any atom is -0.436 e. The van der Waals surface area contributed by atoms with Gasteiger partial charge < -0.3 is 8.83 Å². The number of benzene rings is 1. The zero-order valence-corrected chi connectivity index (χ0v) is 16.4. The van der Waals surface area contributed by atoms with Gasteiger partial charge >= 0.3 is 0 Å². The second-order valence-corrected chi connectivity index (χ2v) is 6.64. The molecule has 0 N–H and O–H groups in total. The average molecular weight is 399 g/mol. The number of hydrogen-bond donors (Lipinski definition) is 0. The third-order valence-electron chi connectivity index (χ3n) is 4.77. The number of oxazole rings is 1. The first-order valence-electron chi connectivity index (χ1n) is 9.34. The van der Waals surface area contributed by atoms with Gasteiger partial charge in [-0.15, -0.1) is 0 Å². The zero-order valence-electron chi connectivity index (χ0n) is 16.4. The van der Waals surface area contributed by atoms with Gasteiger partial charge in [-0.25, -0.2) is 0 Å². The van der Waals surface area contributed by atoms with Crippen LogP contribution in [-0.2, 0) is 9.59 Å². The molecule has 2 aromatic heterocycles. The molecule has 30 heavy (non-hydrogen) atoms. The number of aromatic nitrogens is 1. The Labute approximate surface area is 172 Å². The van der Waals surface area contributed by atoms with Gasteiger partial charge in [-0.3, -0.25) is 14.5 Å². The summed E-state index contributed by atoms with van der Waals surface area (Å²) >= 11 is 0. The molecule has 0 saturated carbocycles. The van der Waals surface area contributed by atoms with E-state index in [0.29, 0.717) is 28.5 Å². The van der Waals surface area contributed by atoms with Gasteiger partial charge in [0, 0.05) is 24.3 Å². The highest BCUT2D eigenvalue weighted by molar-refractivity contribution is 6.19. The maximum absolute atomic E-state index is 12.7. The predicted molar refractivity (Wildman–Crippen MR) is 110 cm³/mol. The topological polar surface area (TPSA) is 100 Å². The predicted octanol–water partition coefficient (Wildman–Crippen LogP) is 4.20. The second-order valence-electron chi connectivity index (χ2n) is 6.64. The summed E-state index contributed by atoms with van der Waals surface area (Å²) in [6.45, 7) is 3.43. The summed E-state index contributed by atoms with van der Waals surface area (Å²) in [7, 11) is 0. The van der Waals surface area contributed by atoms with Crippen LogP contribution < -0.4 is 0 Å². The summed E-state index contributed by atoms with van der Waals surface area (Å²) in [5, 5.41) is 9.31. The van der Waals surface area contributed by atoms with Crippen LogP contribution in [0.1, 0.15) is 31.1 Å². The van der Waals surface area contributed by atoms with Crippen molar-refractivity contribution >= 4 is 41.3 Å². The van der Waals surface area contributed by atoms with Crippen molar-refractivity contribution < 1.29 is 18.4 Å². The number of furan rings is 1. The monoisotopic (exact) mass is 399 g/mol. The fourth-order valence-electron chi connectivity index (χ4n) is 3.20. The molecule has 0 radical (unpaired) electrons. The fourth-order valence-corrected chi connectivity index (χ4v) is 3.20. The second kappa shape index (κ2) is 7.68. The lowest BCUT2D eigenvalue weighted by molar-refractivity contribution is -0.140. The molecule has 0 atom stereocenters. The molecule has 0 aliphatic carbocycles. The molecule has 0 unspecified atom stereocenters. The Kier molecular flexibility index (Phi) is 4.90. The van der Waals surface area contributed by atoms with Crippen LogP contribution in [0.25, 0.3) is 29.5 Å². The highest BCUT2D eigenvalue weighted by Crippen LogP contribution is 2.29. The summed E-state index contributed by atoms with van der Waals surface area (Å²) < 4.78 is 11.4. The van der Waals surface area contributed by atoms with Gasteiger partial charge in [0.1, 0.15) is 17.4 Å². The Hall–Kier alpha value is -4.18. The molecule has 7 heteroatoms. The Morgan fingerprint density at radius 2 is 1.90 bits per heavy atom. The van der Waals surface area contributed by atoms with Crippen molar-refractivity contribution in [3.8, 4) is 6.07 Å². The van der Waals surface area contributed by atoms with Crippen molar-refractivity contribution in [2.24, 2.45) is 0 Å². The summed E-state index contributed by atoms with van der Waals surface area (Å²) in [5.41, 5.74) is 2.24. The van der Waals surface area contributed by atoms with E-state index in [1.54, 1.807) is 26.0 Å². The standard InChI is InChI=1S/C23H17N3O4/c1-3-26-22(27)17(14(2)18(13-24)23(26)28)11-16-12-19-21(29-16)25-20(30-19)10-9-15-7-5-4-6-8-15/h4-12H,3H2,1-2H3/b10-9+,17-11-. The van der Waals surface area contributed by atoms with E-state index in [0.717, 1.165) is 10.5 Å². The van der Waals surface area contributed by atoms with Gasteiger partial charge in [-0.2, -0.15) is 10.2 Å². The molecule has 0 bridgehead atoms. The lowest BCUT2D eigenvalue weighted by Crippen LogP contribution is -2.42. The number of imide groups is 1. The molecule has 1 aromatic carbocycles. The van der Waals surface area contributed by atoms with Gasteiger partial charge in [0.15, 0.2) is 5.58 Å². The van der Waals surface area contributed by atoms with E-state index in [9.17, 15) is 14.9 Å². The van der Waals surface area contributed by atoms with Gasteiger partial charge in [-0.1, -0.05) is 30.3 Å². The van der Waals surface area contributed by atoms with Gasteiger partial charge in [0.2, 0.25) is 5.89 Å². The Morgan fingerprint density at radius 1 is 1.13 bits per heavy atom. The van der Waals surface area contributed by atoms with E-state index < -0.39 is 11.8 Å². The van der Waals surface area contributed by atoms with Crippen LogP contribution >= 0.6 is 0 Å². The third kappa shape index (κ3) is 3.35. The number of rotatable bonds is 4. The number of amides is 2.